The molecule has 1 aliphatic heterocycles. The molecule has 1 saturated heterocycles. The fraction of sp³-hybridized carbons (Fsp3) is 0.625. The van der Waals surface area contributed by atoms with Crippen molar-refractivity contribution in [3.63, 3.8) is 0 Å². The summed E-state index contributed by atoms with van der Waals surface area (Å²) >= 11 is 4.32. The van der Waals surface area contributed by atoms with Gasteiger partial charge in [0.1, 0.15) is 0 Å². The normalized spacial score (nSPS) is 25.2. The average Bonchev–Trinajstić information content (AvgIpc) is 2.45. The van der Waals surface area contributed by atoms with Gasteiger partial charge in [-0.1, -0.05) is 43.7 Å². The quantitative estimate of drug-likeness (QED) is 0.871. The van der Waals surface area contributed by atoms with Gasteiger partial charge >= 0.3 is 0 Å². The summed E-state index contributed by atoms with van der Waals surface area (Å²) in [6.07, 6.45) is 1.27. The number of rotatable bonds is 5. The van der Waals surface area contributed by atoms with E-state index < -0.39 is 0 Å². The van der Waals surface area contributed by atoms with E-state index in [1.807, 2.05) is 0 Å². The molecule has 2 rings (SSSR count). The summed E-state index contributed by atoms with van der Waals surface area (Å²) in [4.78, 5) is 0. The van der Waals surface area contributed by atoms with E-state index in [0.29, 0.717) is 11.3 Å². The second-order valence-electron chi connectivity index (χ2n) is 5.10. The molecule has 0 radical (unpaired) electrons. The first-order chi connectivity index (χ1) is 9.26. The Morgan fingerprint density at radius 1 is 1.26 bits per heavy atom. The second-order valence-corrected chi connectivity index (χ2v) is 7.74. The Kier molecular flexibility index (Phi) is 6.11. The first-order valence-corrected chi connectivity index (χ1v) is 9.39. The molecule has 1 nitrogen and oxygen atoms in total. The summed E-state index contributed by atoms with van der Waals surface area (Å²) in [7, 11) is 0. The summed E-state index contributed by atoms with van der Waals surface area (Å²) in [5.74, 6) is 2.60. The Hall–Kier alpha value is -0.120. The maximum atomic E-state index is 3.73. The summed E-state index contributed by atoms with van der Waals surface area (Å²) in [6.45, 7) is 7.77. The van der Waals surface area contributed by atoms with Gasteiger partial charge in [0, 0.05) is 28.0 Å². The molecule has 1 aliphatic rings. The molecule has 1 heterocycles. The van der Waals surface area contributed by atoms with Gasteiger partial charge in [0.25, 0.3) is 0 Å². The molecular formula is C16H25NS2. The van der Waals surface area contributed by atoms with Crippen molar-refractivity contribution in [2.45, 2.75) is 43.7 Å². The first kappa shape index (κ1) is 15.3. The van der Waals surface area contributed by atoms with Crippen LogP contribution in [-0.2, 0) is 0 Å². The lowest BCUT2D eigenvalue weighted by molar-refractivity contribution is 0.512. The zero-order valence-corrected chi connectivity index (χ0v) is 13.8. The molecule has 106 valence electrons. The van der Waals surface area contributed by atoms with Gasteiger partial charge in [-0.05, 0) is 25.5 Å². The van der Waals surface area contributed by atoms with E-state index in [1.165, 1.54) is 29.1 Å². The average molecular weight is 296 g/mol. The van der Waals surface area contributed by atoms with Gasteiger partial charge in [-0.3, -0.25) is 0 Å². The maximum Gasteiger partial charge on any atom is 0.0451 e. The highest BCUT2D eigenvalue weighted by molar-refractivity contribution is 8.07. The van der Waals surface area contributed by atoms with E-state index in [1.54, 1.807) is 0 Å². The van der Waals surface area contributed by atoms with Gasteiger partial charge in [0.15, 0.2) is 0 Å². The van der Waals surface area contributed by atoms with Crippen LogP contribution in [0.25, 0.3) is 0 Å². The standard InChI is InChI=1S/C16H25NS2/c1-4-14-16(19-10-9-18-14)15(17-5-2)13-8-6-7-12(3)11-13/h6-8,11,14-17H,4-5,9-10H2,1-3H3. The zero-order chi connectivity index (χ0) is 13.7. The van der Waals surface area contributed by atoms with E-state index >= 15 is 0 Å². The lowest BCUT2D eigenvalue weighted by atomic mass is 9.98. The molecule has 1 fully saturated rings. The minimum Gasteiger partial charge on any atom is -0.309 e. The zero-order valence-electron chi connectivity index (χ0n) is 12.2. The van der Waals surface area contributed by atoms with Crippen LogP contribution >= 0.6 is 23.5 Å². The van der Waals surface area contributed by atoms with Crippen molar-refractivity contribution < 1.29 is 0 Å². The smallest absolute Gasteiger partial charge is 0.0451 e. The van der Waals surface area contributed by atoms with Crippen LogP contribution in [0.2, 0.25) is 0 Å². The van der Waals surface area contributed by atoms with Crippen LogP contribution in [-0.4, -0.2) is 28.6 Å². The van der Waals surface area contributed by atoms with Crippen LogP contribution in [0.4, 0.5) is 0 Å². The molecule has 3 heteroatoms. The van der Waals surface area contributed by atoms with Crippen molar-refractivity contribution in [1.29, 1.82) is 0 Å². The van der Waals surface area contributed by atoms with Crippen molar-refractivity contribution in [2.24, 2.45) is 0 Å². The fourth-order valence-electron chi connectivity index (χ4n) is 2.75. The van der Waals surface area contributed by atoms with Crippen LogP contribution in [0.15, 0.2) is 24.3 Å². The number of nitrogens with one attached hydrogen (secondary N) is 1. The predicted molar refractivity (Wildman–Crippen MR) is 90.4 cm³/mol. The summed E-state index contributed by atoms with van der Waals surface area (Å²) in [6, 6.07) is 9.50. The minimum absolute atomic E-state index is 0.493. The topological polar surface area (TPSA) is 12.0 Å². The third kappa shape index (κ3) is 3.93. The van der Waals surface area contributed by atoms with Crippen LogP contribution < -0.4 is 5.32 Å². The van der Waals surface area contributed by atoms with Crippen molar-refractivity contribution >= 4 is 23.5 Å². The Morgan fingerprint density at radius 2 is 2.05 bits per heavy atom. The summed E-state index contributed by atoms with van der Waals surface area (Å²) < 4.78 is 0. The Bertz CT molecular complexity index is 394. The van der Waals surface area contributed by atoms with Crippen molar-refractivity contribution in [2.75, 3.05) is 18.1 Å². The second kappa shape index (κ2) is 7.61. The number of hydrogen-bond donors (Lipinski definition) is 1. The Labute approximate surface area is 126 Å². The molecule has 0 amide bonds. The van der Waals surface area contributed by atoms with Crippen molar-refractivity contribution in [3.8, 4) is 0 Å². The Morgan fingerprint density at radius 3 is 2.74 bits per heavy atom. The highest BCUT2D eigenvalue weighted by Crippen LogP contribution is 2.40. The number of hydrogen-bond acceptors (Lipinski definition) is 3. The van der Waals surface area contributed by atoms with Gasteiger partial charge in [0.05, 0.1) is 0 Å². The van der Waals surface area contributed by atoms with Gasteiger partial charge in [-0.25, -0.2) is 0 Å². The molecular weight excluding hydrogens is 270 g/mol. The molecule has 1 N–H and O–H groups in total. The van der Waals surface area contributed by atoms with Crippen molar-refractivity contribution in [3.05, 3.63) is 35.4 Å². The lowest BCUT2D eigenvalue weighted by Crippen LogP contribution is -2.38. The Balaban J connectivity index is 2.23. The fourth-order valence-corrected chi connectivity index (χ4v) is 6.01. The molecule has 0 spiro atoms. The van der Waals surface area contributed by atoms with Crippen LogP contribution in [0, 0.1) is 6.92 Å². The van der Waals surface area contributed by atoms with Crippen LogP contribution in [0.1, 0.15) is 37.4 Å². The van der Waals surface area contributed by atoms with Crippen LogP contribution in [0.5, 0.6) is 0 Å². The number of benzene rings is 1. The highest BCUT2D eigenvalue weighted by Gasteiger charge is 2.32. The predicted octanol–water partition coefficient (Wildman–Crippen LogP) is 4.27. The number of thioether (sulfide) groups is 2. The van der Waals surface area contributed by atoms with Gasteiger partial charge in [-0.15, -0.1) is 0 Å². The van der Waals surface area contributed by atoms with E-state index in [-0.39, 0.29) is 0 Å². The molecule has 19 heavy (non-hydrogen) atoms. The summed E-state index contributed by atoms with van der Waals surface area (Å²) in [5.41, 5.74) is 2.82. The van der Waals surface area contributed by atoms with Gasteiger partial charge in [0.2, 0.25) is 0 Å². The largest absolute Gasteiger partial charge is 0.309 e. The molecule has 0 aliphatic carbocycles. The molecule has 1 aromatic carbocycles. The van der Waals surface area contributed by atoms with Gasteiger partial charge < -0.3 is 5.32 Å². The molecule has 0 bridgehead atoms. The summed E-state index contributed by atoms with van der Waals surface area (Å²) in [5, 5.41) is 5.21. The molecule has 3 atom stereocenters. The van der Waals surface area contributed by atoms with Crippen LogP contribution in [0.3, 0.4) is 0 Å². The third-order valence-electron chi connectivity index (χ3n) is 3.65. The van der Waals surface area contributed by atoms with E-state index in [9.17, 15) is 0 Å². The molecule has 0 aromatic heterocycles. The van der Waals surface area contributed by atoms with E-state index in [2.05, 4.69) is 73.9 Å². The van der Waals surface area contributed by atoms with E-state index in [0.717, 1.165) is 11.8 Å². The van der Waals surface area contributed by atoms with Gasteiger partial charge in [-0.2, -0.15) is 23.5 Å². The molecule has 0 saturated carbocycles. The molecule has 3 unspecified atom stereocenters. The monoisotopic (exact) mass is 295 g/mol. The van der Waals surface area contributed by atoms with Crippen molar-refractivity contribution in [1.82, 2.24) is 5.32 Å². The maximum absolute atomic E-state index is 3.73. The molecule has 1 aromatic rings. The third-order valence-corrected chi connectivity index (χ3v) is 7.00. The minimum atomic E-state index is 0.493. The lowest BCUT2D eigenvalue weighted by Gasteiger charge is -2.36. The SMILES string of the molecule is CCNC(c1cccc(C)c1)C1SCCSC1CC. The first-order valence-electron chi connectivity index (χ1n) is 7.29. The number of aryl methyl sites for hydroxylation is 1. The van der Waals surface area contributed by atoms with E-state index in [4.69, 9.17) is 0 Å². The highest BCUT2D eigenvalue weighted by atomic mass is 32.2.